The van der Waals surface area contributed by atoms with Crippen molar-refractivity contribution in [3.63, 3.8) is 0 Å². The fourth-order valence-corrected chi connectivity index (χ4v) is 14.4. The first kappa shape index (κ1) is 64.3. The van der Waals surface area contributed by atoms with Crippen molar-refractivity contribution in [3.8, 4) is 0 Å². The molecular formula is C64H104O10. The van der Waals surface area contributed by atoms with Crippen molar-refractivity contribution < 1.29 is 48.0 Å². The molecule has 0 aromatic carbocycles. The number of ether oxygens (including phenoxy) is 4. The van der Waals surface area contributed by atoms with E-state index in [0.717, 1.165) is 38.0 Å². The Balaban J connectivity index is 0.000000234. The molecule has 11 unspecified atom stereocenters. The predicted molar refractivity (Wildman–Crippen MR) is 299 cm³/mol. The molecule has 9 rings (SSSR count). The van der Waals surface area contributed by atoms with Gasteiger partial charge in [-0.25, -0.2) is 24.0 Å². The van der Waals surface area contributed by atoms with Crippen molar-refractivity contribution >= 4 is 29.8 Å². The van der Waals surface area contributed by atoms with Gasteiger partial charge in [0.1, 0.15) is 12.2 Å². The summed E-state index contributed by atoms with van der Waals surface area (Å²) in [5, 5.41) is 7.89. The zero-order valence-electron chi connectivity index (χ0n) is 48.9. The van der Waals surface area contributed by atoms with Gasteiger partial charge in [0.05, 0.1) is 13.2 Å². The number of carboxylic acids is 1. The third kappa shape index (κ3) is 17.8. The Hall–Kier alpha value is -3.95. The van der Waals surface area contributed by atoms with E-state index in [1.807, 2.05) is 0 Å². The molecule has 74 heavy (non-hydrogen) atoms. The third-order valence-electron chi connectivity index (χ3n) is 19.1. The van der Waals surface area contributed by atoms with Gasteiger partial charge in [-0.3, -0.25) is 0 Å². The lowest BCUT2D eigenvalue weighted by molar-refractivity contribution is -0.152. The lowest BCUT2D eigenvalue weighted by Crippen LogP contribution is -2.38. The fraction of sp³-hybridized carbons (Fsp3) is 0.766. The smallest absolute Gasteiger partial charge is 0.333 e. The van der Waals surface area contributed by atoms with E-state index in [0.29, 0.717) is 52.3 Å². The summed E-state index contributed by atoms with van der Waals surface area (Å²) in [6, 6.07) is 0. The molecule has 0 aromatic rings. The van der Waals surface area contributed by atoms with Crippen LogP contribution in [-0.4, -0.2) is 60.4 Å². The molecule has 0 radical (unpaired) electrons. The summed E-state index contributed by atoms with van der Waals surface area (Å²) in [7, 11) is 0. The summed E-state index contributed by atoms with van der Waals surface area (Å²) in [5.41, 5.74) is 2.91. The standard InChI is InChI=1S/C14H22O2.C14H24O2.2C10H16.2C6H10O2.C4H6O2/c1-9(2)12(15)16-11-8-10-6-7-14(11,5)13(10,3)4;1-10(2)13(15)16-12-8-6-11(7-9-12)14(3,4)5;2*1-2-9-7-4-5-8(6-7)10(9)3-1;2*1-4-8-6(7)5(2)3;1-3(2)4(5)6/h10-11H,1,6-8H2,2-5H3;11-12H,1,6-9H2,2-5H3;2*7-10H,1-6H2;2*2,4H2,1,3H3;1H2,2H3,(H,5,6). The summed E-state index contributed by atoms with van der Waals surface area (Å²) in [4.78, 5) is 53.4. The van der Waals surface area contributed by atoms with Crippen LogP contribution in [0.1, 0.15) is 212 Å². The van der Waals surface area contributed by atoms with Gasteiger partial charge in [0.25, 0.3) is 0 Å². The number of fused-ring (bicyclic) bond motifs is 12. The van der Waals surface area contributed by atoms with Crippen LogP contribution in [0.4, 0.5) is 0 Å². The average molecular weight is 1030 g/mol. The Morgan fingerprint density at radius 3 is 1.11 bits per heavy atom. The number of carbonyl (C=O) groups excluding carboxylic acids is 4. The minimum absolute atomic E-state index is 0.0884. The van der Waals surface area contributed by atoms with Crippen LogP contribution in [0.5, 0.6) is 0 Å². The van der Waals surface area contributed by atoms with Gasteiger partial charge >= 0.3 is 29.8 Å². The fourth-order valence-electron chi connectivity index (χ4n) is 14.4. The van der Waals surface area contributed by atoms with Gasteiger partial charge in [0.15, 0.2) is 0 Å². The Kier molecular flexibility index (Phi) is 25.2. The highest BCUT2D eigenvalue weighted by Crippen LogP contribution is 2.66. The van der Waals surface area contributed by atoms with Crippen LogP contribution < -0.4 is 0 Å². The van der Waals surface area contributed by atoms with Crippen LogP contribution in [0.3, 0.4) is 0 Å². The molecule has 0 heterocycles. The van der Waals surface area contributed by atoms with Gasteiger partial charge in [-0.05, 0) is 228 Å². The van der Waals surface area contributed by atoms with E-state index in [2.05, 4.69) is 83.9 Å². The van der Waals surface area contributed by atoms with Gasteiger partial charge < -0.3 is 24.1 Å². The number of rotatable bonds is 9. The number of aliphatic carboxylic acids is 1. The maximum Gasteiger partial charge on any atom is 0.333 e. The highest BCUT2D eigenvalue weighted by molar-refractivity contribution is 5.88. The lowest BCUT2D eigenvalue weighted by atomic mass is 9.70. The number of hydrogen-bond acceptors (Lipinski definition) is 9. The molecule has 0 aliphatic heterocycles. The first-order chi connectivity index (χ1) is 34.5. The summed E-state index contributed by atoms with van der Waals surface area (Å²) >= 11 is 0. The van der Waals surface area contributed by atoms with Gasteiger partial charge in [-0.2, -0.15) is 0 Å². The Morgan fingerprint density at radius 1 is 0.500 bits per heavy atom. The van der Waals surface area contributed by atoms with Crippen molar-refractivity contribution in [2.45, 2.75) is 224 Å². The Morgan fingerprint density at radius 2 is 0.851 bits per heavy atom. The molecule has 9 aliphatic carbocycles. The van der Waals surface area contributed by atoms with E-state index in [-0.39, 0.29) is 47.1 Å². The number of hydrogen-bond donors (Lipinski definition) is 1. The zero-order valence-corrected chi connectivity index (χ0v) is 48.9. The molecule has 9 fully saturated rings. The topological polar surface area (TPSA) is 142 Å². The van der Waals surface area contributed by atoms with Crippen molar-refractivity contribution in [1.29, 1.82) is 0 Å². The monoisotopic (exact) mass is 1030 g/mol. The maximum absolute atomic E-state index is 11.6. The van der Waals surface area contributed by atoms with E-state index < -0.39 is 5.97 Å². The Labute approximate surface area is 449 Å². The van der Waals surface area contributed by atoms with Crippen LogP contribution in [0.25, 0.3) is 0 Å². The van der Waals surface area contributed by atoms with Crippen LogP contribution >= 0.6 is 0 Å². The largest absolute Gasteiger partial charge is 0.478 e. The average Bonchev–Trinajstić information content (AvgIpc) is 4.21. The molecule has 0 aromatic heterocycles. The molecular weight excluding hydrogens is 929 g/mol. The van der Waals surface area contributed by atoms with Crippen molar-refractivity contribution in [3.05, 3.63) is 60.8 Å². The lowest BCUT2D eigenvalue weighted by Gasteiger charge is -2.38. The first-order valence-corrected chi connectivity index (χ1v) is 28.8. The van der Waals surface area contributed by atoms with E-state index in [1.54, 1.807) is 119 Å². The Bertz CT molecular complexity index is 1850. The molecule has 9 aliphatic rings. The zero-order chi connectivity index (χ0) is 55.9. The van der Waals surface area contributed by atoms with Gasteiger partial charge in [0.2, 0.25) is 0 Å². The molecule has 10 heteroatoms. The maximum atomic E-state index is 11.6. The quantitative estimate of drug-likeness (QED) is 0.135. The third-order valence-corrected chi connectivity index (χ3v) is 19.1. The molecule has 1 N–H and O–H groups in total. The summed E-state index contributed by atoms with van der Waals surface area (Å²) in [5.74, 6) is 9.04. The highest BCUT2D eigenvalue weighted by Gasteiger charge is 2.63. The molecule has 6 bridgehead atoms. The number of carboxylic acid groups (broad SMARTS) is 1. The molecule has 420 valence electrons. The SMILES string of the molecule is C1CC2C3CCC(C3)C2C1.C1CC2C3CCC(C3)C2C1.C=C(C)C(=O)O.C=C(C)C(=O)OC1CC2CCC1(C)C2(C)C.C=C(C)C(=O)OC1CCC(C(C)(C)C)CC1.C=C(C)C(=O)OCC.C=C(C)C(=O)OCC. The van der Waals surface area contributed by atoms with Gasteiger partial charge in [0, 0.05) is 33.3 Å². The van der Waals surface area contributed by atoms with Crippen LogP contribution in [-0.2, 0) is 42.9 Å². The minimum Gasteiger partial charge on any atom is -0.478 e. The molecule has 9 saturated carbocycles. The van der Waals surface area contributed by atoms with Crippen LogP contribution in [0.2, 0.25) is 0 Å². The second kappa shape index (κ2) is 29.0. The first-order valence-electron chi connectivity index (χ1n) is 28.8. The summed E-state index contributed by atoms with van der Waals surface area (Å²) in [6.45, 7) is 43.5. The van der Waals surface area contributed by atoms with E-state index in [4.69, 9.17) is 14.6 Å². The molecule has 0 saturated heterocycles. The molecule has 10 nitrogen and oxygen atoms in total. The number of esters is 4. The van der Waals surface area contributed by atoms with Crippen molar-refractivity contribution in [2.75, 3.05) is 13.2 Å². The van der Waals surface area contributed by atoms with Crippen LogP contribution in [0, 0.1) is 75.4 Å². The van der Waals surface area contributed by atoms with Crippen molar-refractivity contribution in [2.24, 2.45) is 75.4 Å². The molecule has 0 spiro atoms. The number of carbonyl (C=O) groups is 5. The van der Waals surface area contributed by atoms with E-state index in [9.17, 15) is 24.0 Å². The second-order valence-electron chi connectivity index (χ2n) is 25.6. The van der Waals surface area contributed by atoms with Gasteiger partial charge in [-0.15, -0.1) is 0 Å². The predicted octanol–water partition coefficient (Wildman–Crippen LogP) is 15.6. The molecule has 0 amide bonds. The van der Waals surface area contributed by atoms with E-state index >= 15 is 0 Å². The molecule has 11 atom stereocenters. The second-order valence-corrected chi connectivity index (χ2v) is 25.6. The summed E-state index contributed by atoms with van der Waals surface area (Å²) < 4.78 is 20.1. The van der Waals surface area contributed by atoms with Crippen LogP contribution in [0.15, 0.2) is 60.8 Å². The van der Waals surface area contributed by atoms with E-state index in [1.165, 1.54) is 67.1 Å². The normalized spacial score (nSPS) is 32.2. The summed E-state index contributed by atoms with van der Waals surface area (Å²) in [6.07, 6.45) is 27.1. The minimum atomic E-state index is -0.935. The highest BCUT2D eigenvalue weighted by atomic mass is 16.6. The van der Waals surface area contributed by atoms with Crippen molar-refractivity contribution in [1.82, 2.24) is 0 Å². The van der Waals surface area contributed by atoms with Gasteiger partial charge in [-0.1, -0.05) is 87.3 Å².